The Balaban J connectivity index is 2.90. The summed E-state index contributed by atoms with van der Waals surface area (Å²) in [5.74, 6) is -1.04. The summed E-state index contributed by atoms with van der Waals surface area (Å²) in [4.78, 5) is 24.9. The first-order valence-electron chi connectivity index (χ1n) is 6.47. The Morgan fingerprint density at radius 3 is 2.25 bits per heavy atom. The highest BCUT2D eigenvalue weighted by atomic mass is 16.4. The summed E-state index contributed by atoms with van der Waals surface area (Å²) in [7, 11) is 1.62. The molecule has 0 heterocycles. The van der Waals surface area contributed by atoms with Crippen LogP contribution >= 0.6 is 0 Å². The van der Waals surface area contributed by atoms with E-state index in [1.165, 1.54) is 4.90 Å². The van der Waals surface area contributed by atoms with Crippen molar-refractivity contribution < 1.29 is 14.7 Å². The maximum absolute atomic E-state index is 12.2. The number of hydrogen-bond acceptors (Lipinski definition) is 2. The van der Waals surface area contributed by atoms with Gasteiger partial charge in [-0.2, -0.15) is 0 Å². The molecule has 0 aliphatic rings. The van der Waals surface area contributed by atoms with Gasteiger partial charge in [-0.05, 0) is 24.0 Å². The quantitative estimate of drug-likeness (QED) is 0.893. The van der Waals surface area contributed by atoms with Gasteiger partial charge in [0, 0.05) is 12.7 Å². The highest BCUT2D eigenvalue weighted by Crippen LogP contribution is 2.21. The average molecular weight is 278 g/mol. The number of nitrogens with zero attached hydrogens (tertiary/aromatic N) is 1. The molecule has 0 bridgehead atoms. The standard InChI is InChI=1S/C15H22N2O3/c1-10-8-6-7-9-11(10)17(5)14(20)16-12(13(18)19)15(2,3)4/h6-9,12H,1-5H3,(H,16,20)(H,18,19)/t12-/m1/s1. The minimum absolute atomic E-state index is 0.429. The third-order valence-electron chi connectivity index (χ3n) is 3.16. The number of carboxylic acid groups (broad SMARTS) is 1. The zero-order valence-corrected chi connectivity index (χ0v) is 12.6. The van der Waals surface area contributed by atoms with Gasteiger partial charge in [0.1, 0.15) is 6.04 Å². The van der Waals surface area contributed by atoms with Crippen LogP contribution in [0.25, 0.3) is 0 Å². The van der Waals surface area contributed by atoms with Crippen molar-refractivity contribution in [3.8, 4) is 0 Å². The maximum atomic E-state index is 12.2. The second-order valence-corrected chi connectivity index (χ2v) is 5.93. The van der Waals surface area contributed by atoms with E-state index < -0.39 is 23.5 Å². The molecule has 0 aromatic heterocycles. The number of urea groups is 1. The van der Waals surface area contributed by atoms with Crippen molar-refractivity contribution in [3.63, 3.8) is 0 Å². The van der Waals surface area contributed by atoms with Crippen molar-refractivity contribution in [3.05, 3.63) is 29.8 Å². The Morgan fingerprint density at radius 2 is 1.80 bits per heavy atom. The highest BCUT2D eigenvalue weighted by molar-refractivity contribution is 5.94. The van der Waals surface area contributed by atoms with E-state index in [4.69, 9.17) is 0 Å². The lowest BCUT2D eigenvalue weighted by Gasteiger charge is -2.30. The Labute approximate surface area is 119 Å². The van der Waals surface area contributed by atoms with E-state index in [0.29, 0.717) is 0 Å². The number of amides is 2. The fourth-order valence-electron chi connectivity index (χ4n) is 1.92. The van der Waals surface area contributed by atoms with Crippen LogP contribution < -0.4 is 10.2 Å². The second-order valence-electron chi connectivity index (χ2n) is 5.93. The number of para-hydroxylation sites is 1. The molecule has 0 radical (unpaired) electrons. The Hall–Kier alpha value is -2.04. The molecule has 0 aliphatic heterocycles. The lowest BCUT2D eigenvalue weighted by Crippen LogP contribution is -2.52. The molecule has 110 valence electrons. The van der Waals surface area contributed by atoms with Gasteiger partial charge in [-0.3, -0.25) is 4.90 Å². The number of aryl methyl sites for hydroxylation is 1. The fourth-order valence-corrected chi connectivity index (χ4v) is 1.92. The third-order valence-corrected chi connectivity index (χ3v) is 3.16. The van der Waals surface area contributed by atoms with Gasteiger partial charge in [0.15, 0.2) is 0 Å². The van der Waals surface area contributed by atoms with Gasteiger partial charge in [-0.25, -0.2) is 9.59 Å². The number of rotatable bonds is 3. The van der Waals surface area contributed by atoms with Crippen LogP contribution in [0.4, 0.5) is 10.5 Å². The summed E-state index contributed by atoms with van der Waals surface area (Å²) in [5, 5.41) is 11.8. The fraction of sp³-hybridized carbons (Fsp3) is 0.467. The number of benzene rings is 1. The van der Waals surface area contributed by atoms with Crippen LogP contribution in [0.15, 0.2) is 24.3 Å². The smallest absolute Gasteiger partial charge is 0.326 e. The average Bonchev–Trinajstić information content (AvgIpc) is 2.33. The molecule has 1 atom stereocenters. The van der Waals surface area contributed by atoms with Crippen molar-refractivity contribution in [2.24, 2.45) is 5.41 Å². The van der Waals surface area contributed by atoms with E-state index in [9.17, 15) is 14.7 Å². The zero-order chi connectivity index (χ0) is 15.5. The molecule has 5 nitrogen and oxygen atoms in total. The summed E-state index contributed by atoms with van der Waals surface area (Å²) in [6.07, 6.45) is 0. The molecule has 0 fully saturated rings. The van der Waals surface area contributed by atoms with Crippen LogP contribution in [0.5, 0.6) is 0 Å². The third kappa shape index (κ3) is 3.73. The Bertz CT molecular complexity index is 506. The van der Waals surface area contributed by atoms with Crippen LogP contribution in [0, 0.1) is 12.3 Å². The molecule has 1 rings (SSSR count). The molecule has 1 aromatic carbocycles. The number of hydrogen-bond donors (Lipinski definition) is 2. The van der Waals surface area contributed by atoms with E-state index in [1.54, 1.807) is 27.8 Å². The largest absolute Gasteiger partial charge is 0.480 e. The molecular weight excluding hydrogens is 256 g/mol. The molecule has 2 amide bonds. The van der Waals surface area contributed by atoms with Crippen LogP contribution in [0.2, 0.25) is 0 Å². The maximum Gasteiger partial charge on any atom is 0.326 e. The van der Waals surface area contributed by atoms with Gasteiger partial charge < -0.3 is 10.4 Å². The van der Waals surface area contributed by atoms with Gasteiger partial charge in [-0.15, -0.1) is 0 Å². The molecule has 0 saturated heterocycles. The van der Waals surface area contributed by atoms with E-state index in [1.807, 2.05) is 31.2 Å². The molecule has 0 aliphatic carbocycles. The molecular formula is C15H22N2O3. The first-order chi connectivity index (χ1) is 9.14. The number of carbonyl (C=O) groups is 2. The SMILES string of the molecule is Cc1ccccc1N(C)C(=O)N[C@H](C(=O)O)C(C)(C)C. The molecule has 2 N–H and O–H groups in total. The Kier molecular flexibility index (Phi) is 4.76. The number of nitrogens with one attached hydrogen (secondary N) is 1. The van der Waals surface area contributed by atoms with Crippen molar-refractivity contribution in [1.29, 1.82) is 0 Å². The van der Waals surface area contributed by atoms with E-state index in [0.717, 1.165) is 11.3 Å². The van der Waals surface area contributed by atoms with Crippen LogP contribution in [-0.4, -0.2) is 30.2 Å². The second kappa shape index (κ2) is 5.94. The van der Waals surface area contributed by atoms with Gasteiger partial charge in [-0.1, -0.05) is 39.0 Å². The number of carboxylic acids is 1. The van der Waals surface area contributed by atoms with Crippen LogP contribution in [-0.2, 0) is 4.79 Å². The molecule has 0 saturated carbocycles. The molecule has 20 heavy (non-hydrogen) atoms. The van der Waals surface area contributed by atoms with Crippen molar-refractivity contribution in [2.75, 3.05) is 11.9 Å². The number of anilines is 1. The van der Waals surface area contributed by atoms with Gasteiger partial charge in [0.25, 0.3) is 0 Å². The lowest BCUT2D eigenvalue weighted by atomic mass is 9.87. The molecule has 0 unspecified atom stereocenters. The normalized spacial score (nSPS) is 12.7. The summed E-state index contributed by atoms with van der Waals surface area (Å²) in [6.45, 7) is 7.23. The zero-order valence-electron chi connectivity index (χ0n) is 12.6. The highest BCUT2D eigenvalue weighted by Gasteiger charge is 2.33. The van der Waals surface area contributed by atoms with Crippen molar-refractivity contribution in [1.82, 2.24) is 5.32 Å². The summed E-state index contributed by atoms with van der Waals surface area (Å²) in [5.41, 5.74) is 1.14. The lowest BCUT2D eigenvalue weighted by molar-refractivity contribution is -0.141. The van der Waals surface area contributed by atoms with E-state index >= 15 is 0 Å². The molecule has 0 spiro atoms. The minimum Gasteiger partial charge on any atom is -0.480 e. The summed E-state index contributed by atoms with van der Waals surface area (Å²) < 4.78 is 0. The first-order valence-corrected chi connectivity index (χ1v) is 6.47. The van der Waals surface area contributed by atoms with Crippen molar-refractivity contribution in [2.45, 2.75) is 33.7 Å². The van der Waals surface area contributed by atoms with Crippen LogP contribution in [0.3, 0.4) is 0 Å². The molecule has 1 aromatic rings. The van der Waals surface area contributed by atoms with E-state index in [2.05, 4.69) is 5.32 Å². The van der Waals surface area contributed by atoms with Gasteiger partial charge in [0.2, 0.25) is 0 Å². The predicted octanol–water partition coefficient (Wildman–Crippen LogP) is 2.64. The number of aliphatic carboxylic acids is 1. The van der Waals surface area contributed by atoms with Crippen molar-refractivity contribution >= 4 is 17.7 Å². The van der Waals surface area contributed by atoms with E-state index in [-0.39, 0.29) is 0 Å². The predicted molar refractivity (Wildman–Crippen MR) is 79.0 cm³/mol. The summed E-state index contributed by atoms with van der Waals surface area (Å²) in [6, 6.07) is 6.08. The van der Waals surface area contributed by atoms with Gasteiger partial charge >= 0.3 is 12.0 Å². The monoisotopic (exact) mass is 278 g/mol. The Morgan fingerprint density at radius 1 is 1.25 bits per heavy atom. The molecule has 5 heteroatoms. The first kappa shape index (κ1) is 16.0. The summed E-state index contributed by atoms with van der Waals surface area (Å²) >= 11 is 0. The minimum atomic E-state index is -1.04. The van der Waals surface area contributed by atoms with Gasteiger partial charge in [0.05, 0.1) is 0 Å². The number of carbonyl (C=O) groups excluding carboxylic acids is 1. The van der Waals surface area contributed by atoms with Crippen LogP contribution in [0.1, 0.15) is 26.3 Å². The topological polar surface area (TPSA) is 69.6 Å².